The third-order valence-electron chi connectivity index (χ3n) is 5.92. The van der Waals surface area contributed by atoms with E-state index < -0.39 is 0 Å². The van der Waals surface area contributed by atoms with E-state index in [0.717, 1.165) is 37.3 Å². The quantitative estimate of drug-likeness (QED) is 0.657. The molecular weight excluding hydrogens is 383 g/mol. The average Bonchev–Trinajstić information content (AvgIpc) is 2.95. The van der Waals surface area contributed by atoms with Crippen molar-refractivity contribution < 1.29 is 18.7 Å². The zero-order valence-electron chi connectivity index (χ0n) is 18.1. The van der Waals surface area contributed by atoms with Gasteiger partial charge in [-0.25, -0.2) is 4.39 Å². The van der Waals surface area contributed by atoms with Gasteiger partial charge in [-0.15, -0.1) is 0 Å². The van der Waals surface area contributed by atoms with Gasteiger partial charge in [0.2, 0.25) is 5.91 Å². The second-order valence-corrected chi connectivity index (χ2v) is 7.81. The first kappa shape index (κ1) is 22.1. The number of ether oxygens (including phenoxy) is 2. The third kappa shape index (κ3) is 5.51. The maximum Gasteiger partial charge on any atom is 0.222 e. The molecule has 0 saturated carbocycles. The van der Waals surface area contributed by atoms with Crippen LogP contribution in [0, 0.1) is 5.82 Å². The number of likely N-dealkylation sites (tertiary alicyclic amines) is 1. The minimum absolute atomic E-state index is 0.106. The highest BCUT2D eigenvalue weighted by Gasteiger charge is 2.25. The molecule has 2 aromatic rings. The number of benzene rings is 2. The van der Waals surface area contributed by atoms with Gasteiger partial charge >= 0.3 is 0 Å². The summed E-state index contributed by atoms with van der Waals surface area (Å²) in [7, 11) is 5.39. The summed E-state index contributed by atoms with van der Waals surface area (Å²) in [5.41, 5.74) is 1.76. The molecule has 5 nitrogen and oxygen atoms in total. The van der Waals surface area contributed by atoms with Crippen LogP contribution in [0.3, 0.4) is 0 Å². The van der Waals surface area contributed by atoms with E-state index in [9.17, 15) is 9.18 Å². The number of nitrogens with zero attached hydrogens (tertiary/aromatic N) is 2. The van der Waals surface area contributed by atoms with Crippen molar-refractivity contribution in [2.24, 2.45) is 0 Å². The molecule has 2 aromatic carbocycles. The fraction of sp³-hybridized carbons (Fsp3) is 0.458. The first-order chi connectivity index (χ1) is 14.5. The van der Waals surface area contributed by atoms with Crippen molar-refractivity contribution in [1.82, 2.24) is 9.80 Å². The van der Waals surface area contributed by atoms with E-state index in [1.54, 1.807) is 31.3 Å². The van der Waals surface area contributed by atoms with Gasteiger partial charge in [-0.05, 0) is 50.1 Å². The van der Waals surface area contributed by atoms with Crippen molar-refractivity contribution >= 4 is 5.91 Å². The Bertz CT molecular complexity index is 858. The van der Waals surface area contributed by atoms with Crippen molar-refractivity contribution in [2.75, 3.05) is 34.4 Å². The van der Waals surface area contributed by atoms with Gasteiger partial charge in [-0.1, -0.05) is 24.3 Å². The first-order valence-corrected chi connectivity index (χ1v) is 10.4. The van der Waals surface area contributed by atoms with Crippen LogP contribution in [0.15, 0.2) is 42.5 Å². The average molecular weight is 415 g/mol. The molecule has 0 aromatic heterocycles. The number of amides is 1. The molecule has 1 aliphatic heterocycles. The van der Waals surface area contributed by atoms with Gasteiger partial charge in [0.05, 0.1) is 14.2 Å². The molecule has 3 rings (SSSR count). The second kappa shape index (κ2) is 10.4. The predicted molar refractivity (Wildman–Crippen MR) is 115 cm³/mol. The fourth-order valence-electron chi connectivity index (χ4n) is 3.99. The summed E-state index contributed by atoms with van der Waals surface area (Å²) >= 11 is 0. The van der Waals surface area contributed by atoms with Crippen LogP contribution in [-0.2, 0) is 17.8 Å². The van der Waals surface area contributed by atoms with Crippen molar-refractivity contribution in [3.63, 3.8) is 0 Å². The van der Waals surface area contributed by atoms with Gasteiger partial charge in [0.15, 0.2) is 11.5 Å². The molecule has 6 heteroatoms. The van der Waals surface area contributed by atoms with Crippen molar-refractivity contribution in [3.8, 4) is 11.5 Å². The number of methoxy groups -OCH3 is 2. The van der Waals surface area contributed by atoms with Crippen molar-refractivity contribution in [3.05, 3.63) is 59.4 Å². The molecule has 0 N–H and O–H groups in total. The number of hydrogen-bond donors (Lipinski definition) is 0. The minimum atomic E-state index is -0.252. The van der Waals surface area contributed by atoms with Gasteiger partial charge < -0.3 is 19.3 Å². The molecule has 30 heavy (non-hydrogen) atoms. The number of rotatable bonds is 8. The third-order valence-corrected chi connectivity index (χ3v) is 5.92. The van der Waals surface area contributed by atoms with Crippen LogP contribution in [0.2, 0.25) is 0 Å². The summed E-state index contributed by atoms with van der Waals surface area (Å²) in [5, 5.41) is 0. The second-order valence-electron chi connectivity index (χ2n) is 7.81. The maximum atomic E-state index is 14.0. The molecule has 162 valence electrons. The number of hydrogen-bond acceptors (Lipinski definition) is 4. The van der Waals surface area contributed by atoms with E-state index in [0.29, 0.717) is 31.1 Å². The Labute approximate surface area is 178 Å². The SMILES string of the molecule is COc1ccc(CCN(C)C2CCC(=O)N(Cc3ccccc3F)CC2)cc1OC. The summed E-state index contributed by atoms with van der Waals surface area (Å²) in [4.78, 5) is 16.7. The summed E-state index contributed by atoms with van der Waals surface area (Å²) in [5.74, 6) is 1.32. The lowest BCUT2D eigenvalue weighted by Crippen LogP contribution is -2.34. The van der Waals surface area contributed by atoms with E-state index >= 15 is 0 Å². The van der Waals surface area contributed by atoms with Gasteiger partial charge in [-0.2, -0.15) is 0 Å². The summed E-state index contributed by atoms with van der Waals surface area (Å²) in [6.45, 7) is 1.88. The Morgan fingerprint density at radius 1 is 1.10 bits per heavy atom. The highest BCUT2D eigenvalue weighted by molar-refractivity contribution is 5.76. The zero-order chi connectivity index (χ0) is 21.5. The van der Waals surface area contributed by atoms with E-state index in [2.05, 4.69) is 18.0 Å². The Balaban J connectivity index is 1.55. The Morgan fingerprint density at radius 2 is 1.87 bits per heavy atom. The fourth-order valence-corrected chi connectivity index (χ4v) is 3.99. The van der Waals surface area contributed by atoms with Crippen LogP contribution in [0.5, 0.6) is 11.5 Å². The number of carbonyl (C=O) groups is 1. The molecule has 1 amide bonds. The Kier molecular flexibility index (Phi) is 7.69. The zero-order valence-corrected chi connectivity index (χ0v) is 18.1. The van der Waals surface area contributed by atoms with Crippen LogP contribution in [0.25, 0.3) is 0 Å². The molecule has 0 aliphatic carbocycles. The first-order valence-electron chi connectivity index (χ1n) is 10.4. The lowest BCUT2D eigenvalue weighted by Gasteiger charge is -2.27. The van der Waals surface area contributed by atoms with Crippen molar-refractivity contribution in [2.45, 2.75) is 38.3 Å². The van der Waals surface area contributed by atoms with Gasteiger partial charge in [0.1, 0.15) is 5.82 Å². The van der Waals surface area contributed by atoms with Crippen LogP contribution in [0.4, 0.5) is 4.39 Å². The van der Waals surface area contributed by atoms with Gasteiger partial charge in [0, 0.05) is 37.7 Å². The smallest absolute Gasteiger partial charge is 0.222 e. The summed E-state index contributed by atoms with van der Waals surface area (Å²) < 4.78 is 24.7. The standard InChI is InChI=1S/C24H31FN2O3/c1-26(14-12-18-8-10-22(29-2)23(16-18)30-3)20-9-11-24(28)27(15-13-20)17-19-6-4-5-7-21(19)25/h4-8,10,16,20H,9,11-15,17H2,1-3H3. The molecule has 1 heterocycles. The van der Waals surface area contributed by atoms with Crippen molar-refractivity contribution in [1.29, 1.82) is 0 Å². The Morgan fingerprint density at radius 3 is 2.60 bits per heavy atom. The topological polar surface area (TPSA) is 42.0 Å². The minimum Gasteiger partial charge on any atom is -0.493 e. The summed E-state index contributed by atoms with van der Waals surface area (Å²) in [6.07, 6.45) is 3.11. The van der Waals surface area contributed by atoms with Crippen LogP contribution < -0.4 is 9.47 Å². The lowest BCUT2D eigenvalue weighted by molar-refractivity contribution is -0.131. The number of likely N-dealkylation sites (N-methyl/N-ethyl adjacent to an activating group) is 1. The Hall–Kier alpha value is -2.60. The molecule has 0 bridgehead atoms. The molecule has 1 aliphatic rings. The van der Waals surface area contributed by atoms with E-state index in [4.69, 9.17) is 9.47 Å². The molecule has 1 saturated heterocycles. The predicted octanol–water partition coefficient (Wildman–Crippen LogP) is 3.90. The lowest BCUT2D eigenvalue weighted by atomic mass is 10.1. The maximum absolute atomic E-state index is 14.0. The van der Waals surface area contributed by atoms with Gasteiger partial charge in [-0.3, -0.25) is 4.79 Å². The highest BCUT2D eigenvalue weighted by atomic mass is 19.1. The molecular formula is C24H31FN2O3. The highest BCUT2D eigenvalue weighted by Crippen LogP contribution is 2.28. The van der Waals surface area contributed by atoms with Crippen LogP contribution >= 0.6 is 0 Å². The van der Waals surface area contributed by atoms with E-state index in [1.807, 2.05) is 18.2 Å². The summed E-state index contributed by atoms with van der Waals surface area (Å²) in [6, 6.07) is 13.0. The van der Waals surface area contributed by atoms with Crippen LogP contribution in [-0.4, -0.2) is 56.1 Å². The molecule has 1 atom stereocenters. The molecule has 0 spiro atoms. The van der Waals surface area contributed by atoms with E-state index in [1.165, 1.54) is 11.6 Å². The monoisotopic (exact) mass is 414 g/mol. The normalized spacial score (nSPS) is 17.2. The molecule has 0 radical (unpaired) electrons. The molecule has 1 unspecified atom stereocenters. The van der Waals surface area contributed by atoms with E-state index in [-0.39, 0.29) is 11.7 Å². The largest absolute Gasteiger partial charge is 0.493 e. The number of halogens is 1. The number of carbonyl (C=O) groups excluding carboxylic acids is 1. The van der Waals surface area contributed by atoms with Gasteiger partial charge in [0.25, 0.3) is 0 Å². The van der Waals surface area contributed by atoms with Crippen LogP contribution in [0.1, 0.15) is 30.4 Å². The molecule has 1 fully saturated rings.